The van der Waals surface area contributed by atoms with Crippen LogP contribution in [0.3, 0.4) is 0 Å². The zero-order valence-electron chi connectivity index (χ0n) is 18.7. The Labute approximate surface area is 198 Å². The van der Waals surface area contributed by atoms with E-state index in [0.29, 0.717) is 0 Å². The molecule has 0 spiro atoms. The number of hydrogen-bond donors (Lipinski definition) is 0. The molecule has 0 bridgehead atoms. The quantitative estimate of drug-likeness (QED) is 0.239. The average molecular weight is 431 g/mol. The Morgan fingerprint density at radius 1 is 0.294 bits per heavy atom. The topological polar surface area (TPSA) is 0 Å². The smallest absolute Gasteiger partial charge is 0.00201 e. The minimum absolute atomic E-state index is 1.25. The van der Waals surface area contributed by atoms with Crippen LogP contribution in [0.25, 0.3) is 65.3 Å². The third-order valence-corrected chi connectivity index (χ3v) is 7.01. The minimum Gasteiger partial charge on any atom is -0.0622 e. The van der Waals surface area contributed by atoms with E-state index in [9.17, 15) is 0 Å². The normalized spacial score (nSPS) is 11.5. The first kappa shape index (κ1) is 19.1. The van der Waals surface area contributed by atoms with Crippen LogP contribution in [-0.4, -0.2) is 0 Å². The second-order valence-electron chi connectivity index (χ2n) is 8.93. The van der Waals surface area contributed by atoms with Gasteiger partial charge in [-0.15, -0.1) is 0 Å². The Morgan fingerprint density at radius 2 is 0.853 bits per heavy atom. The molecule has 0 nitrogen and oxygen atoms in total. The van der Waals surface area contributed by atoms with Crippen molar-refractivity contribution in [3.8, 4) is 22.3 Å². The predicted molar refractivity (Wildman–Crippen MR) is 147 cm³/mol. The molecule has 0 aliphatic heterocycles. The van der Waals surface area contributed by atoms with Crippen molar-refractivity contribution < 1.29 is 0 Å². The Morgan fingerprint density at radius 3 is 1.59 bits per heavy atom. The van der Waals surface area contributed by atoms with Crippen LogP contribution < -0.4 is 0 Å². The minimum atomic E-state index is 1.25. The number of hydrogen-bond acceptors (Lipinski definition) is 0. The van der Waals surface area contributed by atoms with Crippen LogP contribution in [0.1, 0.15) is 0 Å². The molecule has 0 aromatic heterocycles. The lowest BCUT2D eigenvalue weighted by Gasteiger charge is -2.17. The summed E-state index contributed by atoms with van der Waals surface area (Å²) in [6.45, 7) is 0. The van der Waals surface area contributed by atoms with Gasteiger partial charge in [0.1, 0.15) is 0 Å². The second-order valence-corrected chi connectivity index (χ2v) is 8.93. The molecule has 0 saturated carbocycles. The van der Waals surface area contributed by atoms with E-state index in [1.54, 1.807) is 0 Å². The van der Waals surface area contributed by atoms with Crippen molar-refractivity contribution in [1.82, 2.24) is 0 Å². The lowest BCUT2D eigenvalue weighted by Crippen LogP contribution is -1.90. The highest BCUT2D eigenvalue weighted by Crippen LogP contribution is 2.43. The molecular weight excluding hydrogens is 408 g/mol. The Balaban J connectivity index is 1.73. The van der Waals surface area contributed by atoms with Crippen LogP contribution in [0.15, 0.2) is 133 Å². The van der Waals surface area contributed by atoms with Crippen LogP contribution in [0.4, 0.5) is 0 Å². The molecule has 7 aromatic carbocycles. The highest BCUT2D eigenvalue weighted by molar-refractivity contribution is 6.30. The number of benzene rings is 7. The fourth-order valence-corrected chi connectivity index (χ4v) is 5.51. The Hall–Kier alpha value is -4.42. The summed E-state index contributed by atoms with van der Waals surface area (Å²) in [6, 6.07) is 48.5. The van der Waals surface area contributed by atoms with Gasteiger partial charge in [0.05, 0.1) is 0 Å². The largest absolute Gasteiger partial charge is 0.0622 e. The summed E-state index contributed by atoms with van der Waals surface area (Å²) in [4.78, 5) is 0. The van der Waals surface area contributed by atoms with E-state index in [1.165, 1.54) is 65.3 Å². The number of rotatable bonds is 2. The summed E-state index contributed by atoms with van der Waals surface area (Å²) >= 11 is 0. The van der Waals surface area contributed by atoms with Crippen molar-refractivity contribution in [3.63, 3.8) is 0 Å². The SMILES string of the molecule is c1ccc(-c2cc3cc(-c4ccccc4)c4c5ccccc5ccc4c3c3ccccc23)cc1. The second kappa shape index (κ2) is 7.57. The predicted octanol–water partition coefficient (Wildman–Crippen LogP) is 9.63. The number of fused-ring (bicyclic) bond motifs is 7. The first-order valence-corrected chi connectivity index (χ1v) is 11.8. The maximum atomic E-state index is 2.40. The molecule has 7 rings (SSSR count). The summed E-state index contributed by atoms with van der Waals surface area (Å²) in [5, 5.41) is 10.4. The molecule has 158 valence electrons. The molecule has 0 amide bonds. The summed E-state index contributed by atoms with van der Waals surface area (Å²) in [5.74, 6) is 0. The van der Waals surface area contributed by atoms with Gasteiger partial charge in [0, 0.05) is 0 Å². The molecule has 0 N–H and O–H groups in total. The lowest BCUT2D eigenvalue weighted by molar-refractivity contribution is 1.66. The third-order valence-electron chi connectivity index (χ3n) is 7.01. The van der Waals surface area contributed by atoms with Gasteiger partial charge >= 0.3 is 0 Å². The standard InChI is InChI=1S/C34H22/c1-3-11-23(12-4-1)31-21-26-22-32(24-13-5-2-6-14-24)34-27-16-8-7-15-25(27)19-20-30(34)33(26)29-18-10-9-17-28(29)31/h1-22H. The molecule has 0 saturated heterocycles. The van der Waals surface area contributed by atoms with Crippen molar-refractivity contribution in [2.24, 2.45) is 0 Å². The zero-order valence-corrected chi connectivity index (χ0v) is 18.7. The molecule has 0 radical (unpaired) electrons. The van der Waals surface area contributed by atoms with Gasteiger partial charge in [0.2, 0.25) is 0 Å². The van der Waals surface area contributed by atoms with E-state index in [2.05, 4.69) is 133 Å². The molecule has 0 aliphatic rings. The fourth-order valence-electron chi connectivity index (χ4n) is 5.51. The molecular formula is C34H22. The Kier molecular flexibility index (Phi) is 4.25. The monoisotopic (exact) mass is 430 g/mol. The summed E-state index contributed by atoms with van der Waals surface area (Å²) < 4.78 is 0. The molecule has 0 unspecified atom stereocenters. The van der Waals surface area contributed by atoms with E-state index in [4.69, 9.17) is 0 Å². The van der Waals surface area contributed by atoms with Gasteiger partial charge in [0.15, 0.2) is 0 Å². The first-order valence-electron chi connectivity index (χ1n) is 11.8. The molecule has 34 heavy (non-hydrogen) atoms. The van der Waals surface area contributed by atoms with E-state index in [1.807, 2.05) is 0 Å². The molecule has 0 atom stereocenters. The highest BCUT2D eigenvalue weighted by atomic mass is 14.2. The van der Waals surface area contributed by atoms with Gasteiger partial charge in [-0.1, -0.05) is 121 Å². The van der Waals surface area contributed by atoms with Gasteiger partial charge in [-0.2, -0.15) is 0 Å². The molecule has 0 aliphatic carbocycles. The van der Waals surface area contributed by atoms with Crippen LogP contribution in [-0.2, 0) is 0 Å². The van der Waals surface area contributed by atoms with Gasteiger partial charge in [-0.05, 0) is 77.5 Å². The summed E-state index contributed by atoms with van der Waals surface area (Å²) in [6.07, 6.45) is 0. The van der Waals surface area contributed by atoms with Crippen molar-refractivity contribution in [3.05, 3.63) is 133 Å². The maximum absolute atomic E-state index is 2.40. The summed E-state index contributed by atoms with van der Waals surface area (Å²) in [7, 11) is 0. The van der Waals surface area contributed by atoms with E-state index < -0.39 is 0 Å². The van der Waals surface area contributed by atoms with Crippen LogP contribution >= 0.6 is 0 Å². The van der Waals surface area contributed by atoms with Crippen molar-refractivity contribution in [2.45, 2.75) is 0 Å². The van der Waals surface area contributed by atoms with E-state index >= 15 is 0 Å². The van der Waals surface area contributed by atoms with Crippen molar-refractivity contribution in [1.29, 1.82) is 0 Å². The van der Waals surface area contributed by atoms with Crippen LogP contribution in [0.2, 0.25) is 0 Å². The van der Waals surface area contributed by atoms with E-state index in [0.717, 1.165) is 0 Å². The zero-order chi connectivity index (χ0) is 22.5. The Bertz CT molecular complexity index is 1830. The lowest BCUT2D eigenvalue weighted by atomic mass is 9.86. The molecule has 0 fully saturated rings. The molecule has 0 heterocycles. The van der Waals surface area contributed by atoms with Gasteiger partial charge in [-0.3, -0.25) is 0 Å². The van der Waals surface area contributed by atoms with Gasteiger partial charge < -0.3 is 0 Å². The van der Waals surface area contributed by atoms with Gasteiger partial charge in [0.25, 0.3) is 0 Å². The summed E-state index contributed by atoms with van der Waals surface area (Å²) in [5.41, 5.74) is 5.07. The molecule has 0 heteroatoms. The average Bonchev–Trinajstić information content (AvgIpc) is 2.92. The van der Waals surface area contributed by atoms with Crippen LogP contribution in [0.5, 0.6) is 0 Å². The first-order chi connectivity index (χ1) is 16.9. The van der Waals surface area contributed by atoms with Crippen molar-refractivity contribution >= 4 is 43.1 Å². The fraction of sp³-hybridized carbons (Fsp3) is 0. The van der Waals surface area contributed by atoms with Crippen molar-refractivity contribution in [2.75, 3.05) is 0 Å². The van der Waals surface area contributed by atoms with Crippen LogP contribution in [0, 0.1) is 0 Å². The third kappa shape index (κ3) is 2.86. The maximum Gasteiger partial charge on any atom is -0.00201 e. The van der Waals surface area contributed by atoms with E-state index in [-0.39, 0.29) is 0 Å². The molecule has 7 aromatic rings. The van der Waals surface area contributed by atoms with Gasteiger partial charge in [-0.25, -0.2) is 0 Å². The highest BCUT2D eigenvalue weighted by Gasteiger charge is 2.16.